The number of H-pyrrole nitrogens is 1. The minimum atomic E-state index is -2.47. The first-order valence-electron chi connectivity index (χ1n) is 2.78. The van der Waals surface area contributed by atoms with Gasteiger partial charge in [0.1, 0.15) is 0 Å². The molecule has 0 saturated heterocycles. The molecule has 0 spiro atoms. The van der Waals surface area contributed by atoms with Gasteiger partial charge in [0.25, 0.3) is 0 Å². The van der Waals surface area contributed by atoms with Crippen molar-refractivity contribution in [2.45, 2.75) is 6.54 Å². The first kappa shape index (κ1) is 7.30. The zero-order valence-corrected chi connectivity index (χ0v) is 6.10. The predicted molar refractivity (Wildman–Crippen MR) is 37.9 cm³/mol. The molecule has 4 nitrogen and oxygen atoms in total. The maximum absolute atomic E-state index is 10.0. The van der Waals surface area contributed by atoms with Gasteiger partial charge >= 0.3 is 0 Å². The quantitative estimate of drug-likeness (QED) is 0.528. The largest absolute Gasteiger partial charge is 0.367 e. The Morgan fingerprint density at radius 3 is 2.90 bits per heavy atom. The van der Waals surface area contributed by atoms with Crippen LogP contribution >= 0.6 is 0 Å². The van der Waals surface area contributed by atoms with Gasteiger partial charge in [0.2, 0.25) is 10.9 Å². The van der Waals surface area contributed by atoms with E-state index in [4.69, 9.17) is 0 Å². The Hall–Kier alpha value is -0.810. The van der Waals surface area contributed by atoms with E-state index in [1.165, 1.54) is 0 Å². The van der Waals surface area contributed by atoms with Gasteiger partial charge in [-0.3, -0.25) is 0 Å². The molecule has 0 saturated carbocycles. The fraction of sp³-hybridized carbons (Fsp3) is 0.200. The highest BCUT2D eigenvalue weighted by Gasteiger charge is 1.89. The van der Waals surface area contributed by atoms with Gasteiger partial charge in [-0.2, -0.15) is 0 Å². The summed E-state index contributed by atoms with van der Waals surface area (Å²) in [5.41, 5.74) is 0.930. The Kier molecular flexibility index (Phi) is 2.47. The Morgan fingerprint density at radius 2 is 2.40 bits per heavy atom. The van der Waals surface area contributed by atoms with Gasteiger partial charge in [0.15, 0.2) is 0 Å². The lowest BCUT2D eigenvalue weighted by Gasteiger charge is -1.90. The van der Waals surface area contributed by atoms with Crippen LogP contribution in [0.15, 0.2) is 18.5 Å². The van der Waals surface area contributed by atoms with Gasteiger partial charge in [0.05, 0.1) is 0 Å². The Labute approximate surface area is 60.3 Å². The fourth-order valence-corrected chi connectivity index (χ4v) is 0.936. The summed E-state index contributed by atoms with van der Waals surface area (Å²) in [6, 6.07) is 1.81. The molecule has 0 bridgehead atoms. The van der Waals surface area contributed by atoms with Crippen molar-refractivity contribution in [2.75, 3.05) is 0 Å². The molecule has 0 aliphatic carbocycles. The number of hydrogen-bond acceptors (Lipinski definition) is 2. The summed E-state index contributed by atoms with van der Waals surface area (Å²) in [5, 5.41) is 0. The van der Waals surface area contributed by atoms with Crippen LogP contribution in [0.25, 0.3) is 0 Å². The van der Waals surface area contributed by atoms with Crippen molar-refractivity contribution in [3.63, 3.8) is 0 Å². The number of aromatic amines is 1. The second kappa shape index (κ2) is 3.38. The monoisotopic (exact) mass is 160 g/mol. The number of hydrogen-bond donors (Lipinski definition) is 3. The summed E-state index contributed by atoms with van der Waals surface area (Å²) in [4.78, 5) is 2.82. The highest BCUT2D eigenvalue weighted by molar-refractivity contribution is 7.70. The minimum Gasteiger partial charge on any atom is -0.367 e. The first-order chi connectivity index (χ1) is 4.79. The summed E-state index contributed by atoms with van der Waals surface area (Å²) < 4.78 is 22.3. The maximum Gasteiger partial charge on any atom is 0.201 e. The van der Waals surface area contributed by atoms with Crippen molar-refractivity contribution < 1.29 is 8.42 Å². The van der Waals surface area contributed by atoms with E-state index in [2.05, 4.69) is 9.71 Å². The van der Waals surface area contributed by atoms with Crippen molar-refractivity contribution >= 4 is 10.9 Å². The van der Waals surface area contributed by atoms with Crippen molar-refractivity contribution in [2.24, 2.45) is 0 Å². The second-order valence-corrected chi connectivity index (χ2v) is 2.64. The number of thiol groups is 1. The van der Waals surface area contributed by atoms with E-state index in [1.54, 1.807) is 12.4 Å². The van der Waals surface area contributed by atoms with Crippen LogP contribution in [0.5, 0.6) is 0 Å². The van der Waals surface area contributed by atoms with Crippen molar-refractivity contribution in [3.8, 4) is 0 Å². The molecule has 1 rings (SSSR count). The summed E-state index contributed by atoms with van der Waals surface area (Å²) in [5.74, 6) is 0. The zero-order chi connectivity index (χ0) is 7.40. The van der Waals surface area contributed by atoms with E-state index in [1.807, 2.05) is 6.07 Å². The van der Waals surface area contributed by atoms with Gasteiger partial charge in [-0.15, -0.1) is 0 Å². The third kappa shape index (κ3) is 2.20. The molecule has 10 heavy (non-hydrogen) atoms. The third-order valence-corrected chi connectivity index (χ3v) is 1.49. The lowest BCUT2D eigenvalue weighted by Crippen LogP contribution is -2.09. The first-order valence-corrected chi connectivity index (χ1v) is 3.96. The third-order valence-electron chi connectivity index (χ3n) is 1.07. The predicted octanol–water partition coefficient (Wildman–Crippen LogP) is -0.369. The zero-order valence-electron chi connectivity index (χ0n) is 5.20. The van der Waals surface area contributed by atoms with Crippen LogP contribution in [-0.2, 0) is 17.4 Å². The topological polar surface area (TPSA) is 62.0 Å². The summed E-state index contributed by atoms with van der Waals surface area (Å²) in [6.07, 6.45) is 3.49. The summed E-state index contributed by atoms with van der Waals surface area (Å²) in [7, 11) is -2.47. The normalized spacial score (nSPS) is 10.5. The van der Waals surface area contributed by atoms with E-state index in [0.29, 0.717) is 6.54 Å². The van der Waals surface area contributed by atoms with Gasteiger partial charge in [0, 0.05) is 18.9 Å². The molecule has 0 aliphatic rings. The molecule has 1 aromatic rings. The average Bonchev–Trinajstić information content (AvgIpc) is 2.34. The molecule has 56 valence electrons. The fourth-order valence-electron chi connectivity index (χ4n) is 0.624. The van der Waals surface area contributed by atoms with Crippen molar-refractivity contribution in [1.29, 1.82) is 0 Å². The van der Waals surface area contributed by atoms with E-state index < -0.39 is 10.9 Å². The van der Waals surface area contributed by atoms with E-state index in [0.717, 1.165) is 5.56 Å². The van der Waals surface area contributed by atoms with Gasteiger partial charge in [-0.25, -0.2) is 13.1 Å². The van der Waals surface area contributed by atoms with Crippen LogP contribution in [0.3, 0.4) is 0 Å². The van der Waals surface area contributed by atoms with Crippen LogP contribution in [0, 0.1) is 0 Å². The molecular weight excluding hydrogens is 152 g/mol. The Morgan fingerprint density at radius 1 is 1.60 bits per heavy atom. The SMILES string of the molecule is O=[SH](=O)NCc1cc[nH]c1. The van der Waals surface area contributed by atoms with Crippen molar-refractivity contribution in [3.05, 3.63) is 24.0 Å². The summed E-state index contributed by atoms with van der Waals surface area (Å²) in [6.45, 7) is 0.363. The highest BCUT2D eigenvalue weighted by atomic mass is 32.2. The van der Waals surface area contributed by atoms with Gasteiger partial charge in [-0.05, 0) is 11.6 Å². The van der Waals surface area contributed by atoms with Gasteiger partial charge in [-0.1, -0.05) is 0 Å². The van der Waals surface area contributed by atoms with E-state index >= 15 is 0 Å². The molecule has 0 fully saturated rings. The van der Waals surface area contributed by atoms with Crippen molar-refractivity contribution in [1.82, 2.24) is 9.71 Å². The maximum atomic E-state index is 10.0. The standard InChI is InChI=1S/C5H8N2O2S/c8-10(9)7-4-5-1-2-6-3-5/h1-3,6,10H,4H2,(H,7,8,9). The number of aromatic nitrogens is 1. The lowest BCUT2D eigenvalue weighted by molar-refractivity contribution is 0.601. The molecule has 1 aromatic heterocycles. The molecule has 0 radical (unpaired) electrons. The van der Waals surface area contributed by atoms with Crippen LogP contribution in [0.1, 0.15) is 5.56 Å². The Balaban J connectivity index is 2.42. The molecule has 0 aliphatic heterocycles. The molecule has 0 atom stereocenters. The highest BCUT2D eigenvalue weighted by Crippen LogP contribution is 1.93. The van der Waals surface area contributed by atoms with Gasteiger partial charge < -0.3 is 4.98 Å². The molecule has 2 N–H and O–H groups in total. The van der Waals surface area contributed by atoms with E-state index in [-0.39, 0.29) is 0 Å². The smallest absolute Gasteiger partial charge is 0.201 e. The second-order valence-electron chi connectivity index (χ2n) is 1.81. The average molecular weight is 160 g/mol. The molecule has 5 heteroatoms. The molecular formula is C5H8N2O2S. The van der Waals surface area contributed by atoms with Crippen LogP contribution in [0.4, 0.5) is 0 Å². The lowest BCUT2D eigenvalue weighted by atomic mass is 10.4. The molecule has 1 heterocycles. The minimum absolute atomic E-state index is 0.363. The number of rotatable bonds is 3. The molecule has 0 unspecified atom stereocenters. The Bertz CT molecular complexity index is 245. The van der Waals surface area contributed by atoms with E-state index in [9.17, 15) is 8.42 Å². The van der Waals surface area contributed by atoms with Crippen LogP contribution in [0.2, 0.25) is 0 Å². The molecule has 0 aromatic carbocycles. The number of nitrogens with one attached hydrogen (secondary N) is 2. The molecule has 0 amide bonds. The summed E-state index contributed by atoms with van der Waals surface area (Å²) >= 11 is 0. The van der Waals surface area contributed by atoms with Crippen LogP contribution < -0.4 is 4.72 Å². The van der Waals surface area contributed by atoms with Crippen LogP contribution in [-0.4, -0.2) is 13.4 Å².